The van der Waals surface area contributed by atoms with Crippen molar-refractivity contribution in [3.05, 3.63) is 35.8 Å². The molecule has 0 atom stereocenters. The van der Waals surface area contributed by atoms with Gasteiger partial charge in [-0.15, -0.1) is 11.3 Å². The molecule has 3 aromatic rings. The van der Waals surface area contributed by atoms with E-state index in [-0.39, 0.29) is 5.54 Å². The molecule has 0 bridgehead atoms. The fraction of sp³-hybridized carbons (Fsp3) is 0.333. The monoisotopic (exact) mass is 324 g/mol. The van der Waals surface area contributed by atoms with E-state index in [1.54, 1.807) is 11.3 Å². The number of thiazole rings is 1. The fourth-order valence-corrected chi connectivity index (χ4v) is 3.50. The van der Waals surface area contributed by atoms with Crippen molar-refractivity contribution in [3.63, 3.8) is 0 Å². The van der Waals surface area contributed by atoms with E-state index in [2.05, 4.69) is 60.4 Å². The third-order valence-corrected chi connectivity index (χ3v) is 4.27. The molecule has 0 saturated heterocycles. The summed E-state index contributed by atoms with van der Waals surface area (Å²) in [5.41, 5.74) is 3.25. The Bertz CT molecular complexity index is 861. The number of aromatic nitrogens is 2. The number of aryl methyl sites for hydroxylation is 1. The minimum Gasteiger partial charge on any atom is -0.357 e. The molecule has 23 heavy (non-hydrogen) atoms. The average Bonchev–Trinajstić information content (AvgIpc) is 3.08. The number of nitrogens with one attached hydrogen (secondary N) is 1. The van der Waals surface area contributed by atoms with Crippen LogP contribution in [0.5, 0.6) is 0 Å². The molecular formula is C18H20N4S. The quantitative estimate of drug-likeness (QED) is 0.743. The van der Waals surface area contributed by atoms with Crippen LogP contribution in [-0.2, 0) is 6.54 Å². The highest BCUT2D eigenvalue weighted by atomic mass is 32.1. The molecule has 0 radical (unpaired) electrons. The van der Waals surface area contributed by atoms with Crippen LogP contribution in [0.4, 0.5) is 5.13 Å². The van der Waals surface area contributed by atoms with E-state index in [4.69, 9.17) is 10.2 Å². The summed E-state index contributed by atoms with van der Waals surface area (Å²) in [6.07, 6.45) is 2.62. The first-order chi connectivity index (χ1) is 11.0. The second-order valence-corrected chi connectivity index (χ2v) is 7.43. The summed E-state index contributed by atoms with van der Waals surface area (Å²) >= 11 is 1.62. The molecule has 0 saturated carbocycles. The summed E-state index contributed by atoms with van der Waals surface area (Å²) in [5, 5.41) is 16.5. The van der Waals surface area contributed by atoms with Gasteiger partial charge in [-0.3, -0.25) is 0 Å². The van der Waals surface area contributed by atoms with Crippen LogP contribution in [0.15, 0.2) is 35.8 Å². The van der Waals surface area contributed by atoms with E-state index in [0.717, 1.165) is 21.9 Å². The van der Waals surface area contributed by atoms with Crippen LogP contribution >= 0.6 is 11.3 Å². The Morgan fingerprint density at radius 3 is 2.83 bits per heavy atom. The Morgan fingerprint density at radius 2 is 2.09 bits per heavy atom. The minimum atomic E-state index is -0.00405. The van der Waals surface area contributed by atoms with E-state index >= 15 is 0 Å². The van der Waals surface area contributed by atoms with Crippen molar-refractivity contribution in [2.45, 2.75) is 39.3 Å². The highest BCUT2D eigenvalue weighted by molar-refractivity contribution is 7.14. The van der Waals surface area contributed by atoms with E-state index in [9.17, 15) is 0 Å². The summed E-state index contributed by atoms with van der Waals surface area (Å²) in [7, 11) is 0. The highest BCUT2D eigenvalue weighted by Crippen LogP contribution is 2.33. The zero-order chi connectivity index (χ0) is 16.4. The van der Waals surface area contributed by atoms with Crippen molar-refractivity contribution in [3.8, 4) is 17.3 Å². The predicted octanol–water partition coefficient (Wildman–Crippen LogP) is 4.89. The summed E-state index contributed by atoms with van der Waals surface area (Å²) in [6, 6.07) is 10.5. The summed E-state index contributed by atoms with van der Waals surface area (Å²) < 4.78 is 2.14. The lowest BCUT2D eigenvalue weighted by molar-refractivity contribution is 0.633. The normalized spacial score (nSPS) is 11.6. The maximum atomic E-state index is 8.85. The van der Waals surface area contributed by atoms with Crippen LogP contribution in [0, 0.1) is 11.3 Å². The van der Waals surface area contributed by atoms with Crippen molar-refractivity contribution >= 4 is 27.4 Å². The van der Waals surface area contributed by atoms with Gasteiger partial charge in [0.15, 0.2) is 5.13 Å². The lowest BCUT2D eigenvalue weighted by atomic mass is 10.1. The molecule has 0 unspecified atom stereocenters. The van der Waals surface area contributed by atoms with Gasteiger partial charge < -0.3 is 9.88 Å². The van der Waals surface area contributed by atoms with Crippen LogP contribution in [0.1, 0.15) is 27.2 Å². The van der Waals surface area contributed by atoms with Crippen LogP contribution in [0.25, 0.3) is 22.2 Å². The predicted molar refractivity (Wildman–Crippen MR) is 96.7 cm³/mol. The third kappa shape index (κ3) is 3.38. The Hall–Kier alpha value is -2.32. The van der Waals surface area contributed by atoms with Crippen molar-refractivity contribution in [2.24, 2.45) is 0 Å². The molecule has 0 aliphatic carbocycles. The van der Waals surface area contributed by atoms with Crippen LogP contribution in [-0.4, -0.2) is 15.1 Å². The average molecular weight is 324 g/mol. The molecule has 3 rings (SSSR count). The van der Waals surface area contributed by atoms with Crippen LogP contribution in [0.3, 0.4) is 0 Å². The number of hydrogen-bond donors (Lipinski definition) is 1. The topological polar surface area (TPSA) is 53.6 Å². The summed E-state index contributed by atoms with van der Waals surface area (Å²) in [6.45, 7) is 7.08. The number of benzene rings is 1. The second-order valence-electron chi connectivity index (χ2n) is 6.57. The summed E-state index contributed by atoms with van der Waals surface area (Å²) in [5.74, 6) is 0. The third-order valence-electron chi connectivity index (χ3n) is 3.52. The van der Waals surface area contributed by atoms with Gasteiger partial charge in [0.05, 0.1) is 18.2 Å². The zero-order valence-corrected chi connectivity index (χ0v) is 14.4. The van der Waals surface area contributed by atoms with Crippen molar-refractivity contribution in [2.75, 3.05) is 5.32 Å². The first-order valence-corrected chi connectivity index (χ1v) is 8.55. The molecule has 1 N–H and O–H groups in total. The van der Waals surface area contributed by atoms with Gasteiger partial charge in [0.2, 0.25) is 0 Å². The molecule has 5 heteroatoms. The lowest BCUT2D eigenvalue weighted by Crippen LogP contribution is -2.25. The standard InChI is InChI=1S/C18H20N4S/c1-18(2,3)21-17-20-15(12-23-17)14-11-22(10-6-9-19)16-8-5-4-7-13(14)16/h4-5,7-8,11-12H,6,10H2,1-3H3,(H,20,21). The zero-order valence-electron chi connectivity index (χ0n) is 13.6. The van der Waals surface area contributed by atoms with Crippen LogP contribution < -0.4 is 5.32 Å². The maximum absolute atomic E-state index is 8.85. The van der Waals surface area contributed by atoms with Crippen molar-refractivity contribution in [1.29, 1.82) is 5.26 Å². The number of nitriles is 1. The van der Waals surface area contributed by atoms with Gasteiger partial charge >= 0.3 is 0 Å². The molecule has 1 aromatic carbocycles. The lowest BCUT2D eigenvalue weighted by Gasteiger charge is -2.19. The van der Waals surface area contributed by atoms with E-state index in [1.807, 2.05) is 12.1 Å². The molecule has 0 fully saturated rings. The van der Waals surface area contributed by atoms with Gasteiger partial charge in [0.25, 0.3) is 0 Å². The minimum absolute atomic E-state index is 0.00405. The molecule has 0 aliphatic rings. The van der Waals surface area contributed by atoms with Crippen molar-refractivity contribution in [1.82, 2.24) is 9.55 Å². The fourth-order valence-electron chi connectivity index (χ4n) is 2.58. The Morgan fingerprint density at radius 1 is 1.30 bits per heavy atom. The first-order valence-electron chi connectivity index (χ1n) is 7.67. The number of hydrogen-bond acceptors (Lipinski definition) is 4. The van der Waals surface area contributed by atoms with Gasteiger partial charge in [0.1, 0.15) is 0 Å². The maximum Gasteiger partial charge on any atom is 0.183 e. The number of rotatable bonds is 4. The first kappa shape index (κ1) is 15.6. The number of para-hydroxylation sites is 1. The van der Waals surface area contributed by atoms with Gasteiger partial charge in [-0.25, -0.2) is 4.98 Å². The SMILES string of the molecule is CC(C)(C)Nc1nc(-c2cn(CCC#N)c3ccccc23)cs1. The Balaban J connectivity index is 2.01. The molecule has 4 nitrogen and oxygen atoms in total. The molecule has 0 spiro atoms. The van der Waals surface area contributed by atoms with Gasteiger partial charge in [-0.05, 0) is 26.8 Å². The number of anilines is 1. The van der Waals surface area contributed by atoms with E-state index < -0.39 is 0 Å². The second kappa shape index (κ2) is 6.05. The van der Waals surface area contributed by atoms with E-state index in [1.165, 1.54) is 5.39 Å². The number of fused-ring (bicyclic) bond motifs is 1. The van der Waals surface area contributed by atoms with Crippen molar-refractivity contribution < 1.29 is 0 Å². The molecule has 2 aromatic heterocycles. The summed E-state index contributed by atoms with van der Waals surface area (Å²) in [4.78, 5) is 4.74. The van der Waals surface area contributed by atoms with E-state index in [0.29, 0.717) is 13.0 Å². The van der Waals surface area contributed by atoms with Crippen LogP contribution in [0.2, 0.25) is 0 Å². The largest absolute Gasteiger partial charge is 0.357 e. The van der Waals surface area contributed by atoms with Gasteiger partial charge in [-0.1, -0.05) is 18.2 Å². The van der Waals surface area contributed by atoms with Gasteiger partial charge in [-0.2, -0.15) is 5.26 Å². The molecule has 0 aliphatic heterocycles. The Labute approximate surface area is 140 Å². The molecular weight excluding hydrogens is 304 g/mol. The Kier molecular flexibility index (Phi) is 4.10. The molecule has 118 valence electrons. The number of nitrogens with zero attached hydrogens (tertiary/aromatic N) is 3. The smallest absolute Gasteiger partial charge is 0.183 e. The van der Waals surface area contributed by atoms with Gasteiger partial charge in [0, 0.05) is 40.1 Å². The highest BCUT2D eigenvalue weighted by Gasteiger charge is 2.15. The molecule has 0 amide bonds. The molecule has 2 heterocycles.